The van der Waals surface area contributed by atoms with Gasteiger partial charge in [-0.05, 0) is 36.2 Å². The average Bonchev–Trinajstić information content (AvgIpc) is 2.78. The summed E-state index contributed by atoms with van der Waals surface area (Å²) < 4.78 is 5.78. The number of amides is 1. The molecule has 0 unspecified atom stereocenters. The maximum atomic E-state index is 12.1. The van der Waals surface area contributed by atoms with Crippen molar-refractivity contribution in [3.63, 3.8) is 0 Å². The van der Waals surface area contributed by atoms with Crippen LogP contribution in [0.1, 0.15) is 89.5 Å². The highest BCUT2D eigenvalue weighted by molar-refractivity contribution is 5.90. The topological polar surface area (TPSA) is 38.3 Å². The Bertz CT molecular complexity index is 682. The molecule has 1 amide bonds. The van der Waals surface area contributed by atoms with Gasteiger partial charge in [0.25, 0.3) is 0 Å². The monoisotopic (exact) mass is 409 g/mol. The van der Waals surface area contributed by atoms with Crippen molar-refractivity contribution >= 4 is 11.6 Å². The summed E-state index contributed by atoms with van der Waals surface area (Å²) in [5.41, 5.74) is 1.97. The number of rotatable bonds is 16. The quantitative estimate of drug-likeness (QED) is 0.286. The zero-order chi connectivity index (χ0) is 21.3. The molecule has 0 heterocycles. The zero-order valence-electron chi connectivity index (χ0n) is 18.7. The van der Waals surface area contributed by atoms with Gasteiger partial charge in [-0.25, -0.2) is 0 Å². The van der Waals surface area contributed by atoms with E-state index in [1.54, 1.807) is 0 Å². The number of carbonyl (C=O) groups excluding carboxylic acids is 1. The molecule has 0 aliphatic heterocycles. The van der Waals surface area contributed by atoms with Gasteiger partial charge in [-0.3, -0.25) is 4.79 Å². The zero-order valence-corrected chi connectivity index (χ0v) is 18.7. The van der Waals surface area contributed by atoms with E-state index in [2.05, 4.69) is 12.2 Å². The normalized spacial score (nSPS) is 10.7. The number of unbranched alkanes of at least 4 members (excludes halogenated alkanes) is 10. The maximum Gasteiger partial charge on any atom is 0.224 e. The molecule has 0 saturated carbocycles. The summed E-state index contributed by atoms with van der Waals surface area (Å²) in [6, 6.07) is 17.7. The van der Waals surface area contributed by atoms with Crippen LogP contribution in [0.3, 0.4) is 0 Å². The molecule has 0 aliphatic rings. The first-order chi connectivity index (χ1) is 14.8. The first kappa shape index (κ1) is 24.0. The molecule has 0 fully saturated rings. The van der Waals surface area contributed by atoms with Crippen molar-refractivity contribution in [1.29, 1.82) is 0 Å². The van der Waals surface area contributed by atoms with E-state index in [4.69, 9.17) is 4.74 Å². The molecule has 1 N–H and O–H groups in total. The minimum atomic E-state index is 0.101. The Balaban J connectivity index is 1.49. The minimum Gasteiger partial charge on any atom is -0.489 e. The number of carbonyl (C=O) groups is 1. The van der Waals surface area contributed by atoms with E-state index < -0.39 is 0 Å². The number of benzene rings is 2. The Hall–Kier alpha value is -2.29. The fraction of sp³-hybridized carbons (Fsp3) is 0.519. The molecule has 2 aromatic carbocycles. The molecule has 30 heavy (non-hydrogen) atoms. The van der Waals surface area contributed by atoms with Crippen molar-refractivity contribution in [3.8, 4) is 5.75 Å². The molecule has 0 aliphatic carbocycles. The van der Waals surface area contributed by atoms with Crippen LogP contribution in [-0.2, 0) is 11.4 Å². The Morgan fingerprint density at radius 1 is 0.733 bits per heavy atom. The predicted octanol–water partition coefficient (Wildman–Crippen LogP) is 7.91. The SMILES string of the molecule is CCCCCCCCCCCCCC(=O)Nc1ccc(OCc2ccccc2)cc1. The first-order valence-electron chi connectivity index (χ1n) is 11.8. The molecule has 0 aromatic heterocycles. The highest BCUT2D eigenvalue weighted by Gasteiger charge is 2.03. The molecule has 0 radical (unpaired) electrons. The molecule has 3 heteroatoms. The van der Waals surface area contributed by atoms with Crippen LogP contribution in [0.4, 0.5) is 5.69 Å². The lowest BCUT2D eigenvalue weighted by Crippen LogP contribution is -2.10. The molecule has 3 nitrogen and oxygen atoms in total. The van der Waals surface area contributed by atoms with Crippen molar-refractivity contribution in [3.05, 3.63) is 60.2 Å². The third-order valence-corrected chi connectivity index (χ3v) is 5.39. The van der Waals surface area contributed by atoms with Gasteiger partial charge >= 0.3 is 0 Å². The molecule has 0 bridgehead atoms. The van der Waals surface area contributed by atoms with Gasteiger partial charge in [-0.2, -0.15) is 0 Å². The summed E-state index contributed by atoms with van der Waals surface area (Å²) in [4.78, 5) is 12.1. The number of hydrogen-bond acceptors (Lipinski definition) is 2. The Labute approximate surface area is 183 Å². The summed E-state index contributed by atoms with van der Waals surface area (Å²) in [5.74, 6) is 0.908. The second-order valence-electron chi connectivity index (χ2n) is 8.13. The Morgan fingerprint density at radius 2 is 1.30 bits per heavy atom. The van der Waals surface area contributed by atoms with Gasteiger partial charge in [0.15, 0.2) is 0 Å². The van der Waals surface area contributed by atoms with Gasteiger partial charge in [-0.1, -0.05) is 101 Å². The lowest BCUT2D eigenvalue weighted by atomic mass is 10.1. The molecule has 0 atom stereocenters. The molecule has 2 rings (SSSR count). The van der Waals surface area contributed by atoms with Crippen molar-refractivity contribution in [2.24, 2.45) is 0 Å². The van der Waals surface area contributed by atoms with Crippen molar-refractivity contribution in [2.75, 3.05) is 5.32 Å². The van der Waals surface area contributed by atoms with Crippen LogP contribution in [0, 0.1) is 0 Å². The van der Waals surface area contributed by atoms with Crippen LogP contribution < -0.4 is 10.1 Å². The summed E-state index contributed by atoms with van der Waals surface area (Å²) in [6.45, 7) is 2.81. The standard InChI is InChI=1S/C27H39NO2/c1-2-3-4-5-6-7-8-9-10-11-15-18-27(29)28-25-19-21-26(22-20-25)30-23-24-16-13-12-14-17-24/h12-14,16-17,19-22H,2-11,15,18,23H2,1H3,(H,28,29). The van der Waals surface area contributed by atoms with Crippen molar-refractivity contribution in [2.45, 2.75) is 90.6 Å². The van der Waals surface area contributed by atoms with Gasteiger partial charge < -0.3 is 10.1 Å². The molecule has 0 saturated heterocycles. The number of nitrogens with one attached hydrogen (secondary N) is 1. The highest BCUT2D eigenvalue weighted by atomic mass is 16.5. The van der Waals surface area contributed by atoms with Crippen LogP contribution in [0.15, 0.2) is 54.6 Å². The van der Waals surface area contributed by atoms with E-state index in [9.17, 15) is 4.79 Å². The summed E-state index contributed by atoms with van der Waals surface area (Å²) >= 11 is 0. The highest BCUT2D eigenvalue weighted by Crippen LogP contribution is 2.18. The molecule has 0 spiro atoms. The molecule has 2 aromatic rings. The van der Waals surface area contributed by atoms with Crippen LogP contribution >= 0.6 is 0 Å². The molecular weight excluding hydrogens is 370 g/mol. The average molecular weight is 410 g/mol. The van der Waals surface area contributed by atoms with E-state index in [0.29, 0.717) is 13.0 Å². The van der Waals surface area contributed by atoms with E-state index in [-0.39, 0.29) is 5.91 Å². The third-order valence-electron chi connectivity index (χ3n) is 5.39. The van der Waals surface area contributed by atoms with Crippen molar-refractivity contribution < 1.29 is 9.53 Å². The largest absolute Gasteiger partial charge is 0.489 e. The van der Waals surface area contributed by atoms with E-state index in [0.717, 1.165) is 29.8 Å². The van der Waals surface area contributed by atoms with Crippen LogP contribution in [0.5, 0.6) is 5.75 Å². The predicted molar refractivity (Wildman–Crippen MR) is 127 cm³/mol. The van der Waals surface area contributed by atoms with Crippen LogP contribution in [0.25, 0.3) is 0 Å². The summed E-state index contributed by atoms with van der Waals surface area (Å²) in [7, 11) is 0. The maximum absolute atomic E-state index is 12.1. The smallest absolute Gasteiger partial charge is 0.224 e. The Morgan fingerprint density at radius 3 is 1.90 bits per heavy atom. The van der Waals surface area contributed by atoms with Crippen molar-refractivity contribution in [1.82, 2.24) is 0 Å². The Kier molecular flexibility index (Phi) is 12.4. The number of ether oxygens (including phenoxy) is 1. The summed E-state index contributed by atoms with van der Waals surface area (Å²) in [6.07, 6.45) is 14.9. The van der Waals surface area contributed by atoms with Gasteiger partial charge in [0.1, 0.15) is 12.4 Å². The van der Waals surface area contributed by atoms with E-state index >= 15 is 0 Å². The number of hydrogen-bond donors (Lipinski definition) is 1. The third kappa shape index (κ3) is 11.0. The van der Waals surface area contributed by atoms with Gasteiger partial charge in [-0.15, -0.1) is 0 Å². The second kappa shape index (κ2) is 15.5. The van der Waals surface area contributed by atoms with E-state index in [1.165, 1.54) is 57.8 Å². The van der Waals surface area contributed by atoms with Crippen LogP contribution in [0.2, 0.25) is 0 Å². The van der Waals surface area contributed by atoms with Crippen LogP contribution in [-0.4, -0.2) is 5.91 Å². The van der Waals surface area contributed by atoms with Gasteiger partial charge in [0.2, 0.25) is 5.91 Å². The fourth-order valence-corrected chi connectivity index (χ4v) is 3.55. The number of anilines is 1. The fourth-order valence-electron chi connectivity index (χ4n) is 3.55. The molecular formula is C27H39NO2. The summed E-state index contributed by atoms with van der Waals surface area (Å²) in [5, 5.41) is 2.98. The lowest BCUT2D eigenvalue weighted by Gasteiger charge is -2.08. The minimum absolute atomic E-state index is 0.101. The van der Waals surface area contributed by atoms with E-state index in [1.807, 2.05) is 54.6 Å². The van der Waals surface area contributed by atoms with Gasteiger partial charge in [0, 0.05) is 12.1 Å². The molecule has 164 valence electrons. The first-order valence-corrected chi connectivity index (χ1v) is 11.8. The lowest BCUT2D eigenvalue weighted by molar-refractivity contribution is -0.116. The second-order valence-corrected chi connectivity index (χ2v) is 8.13. The van der Waals surface area contributed by atoms with Gasteiger partial charge in [0.05, 0.1) is 0 Å².